The van der Waals surface area contributed by atoms with Gasteiger partial charge in [-0.05, 0) is 42.5 Å². The number of benzene rings is 1. The van der Waals surface area contributed by atoms with Crippen LogP contribution in [-0.2, 0) is 17.6 Å². The van der Waals surface area contributed by atoms with Crippen molar-refractivity contribution in [1.29, 1.82) is 0 Å². The van der Waals surface area contributed by atoms with E-state index in [2.05, 4.69) is 33.7 Å². The second kappa shape index (κ2) is 8.52. The van der Waals surface area contributed by atoms with E-state index in [-0.39, 0.29) is 48.9 Å². The Morgan fingerprint density at radius 2 is 2.14 bits per heavy atom. The molecule has 0 saturated heterocycles. The van der Waals surface area contributed by atoms with Crippen LogP contribution in [0.2, 0.25) is 0 Å². The predicted molar refractivity (Wildman–Crippen MR) is 95.8 cm³/mol. The second-order valence-corrected chi connectivity index (χ2v) is 4.64. The largest absolute Gasteiger partial charge is 0.370 e. The number of amides is 1. The fourth-order valence-electron chi connectivity index (χ4n) is 2.20. The molecule has 0 aromatic heterocycles. The summed E-state index contributed by atoms with van der Waals surface area (Å²) >= 11 is 0. The molecule has 4 N–H and O–H groups in total. The number of nitrogens with one attached hydrogen (secondary N) is 2. The van der Waals surface area contributed by atoms with Crippen LogP contribution in [0, 0.1) is 12.3 Å². The SMILES string of the molecule is C#CCNC(=O)CN=C(N)Nc1ccc2c(c1)CCC2.I. The molecule has 0 atom stereocenters. The first-order valence-corrected chi connectivity index (χ1v) is 6.58. The van der Waals surface area contributed by atoms with Gasteiger partial charge in [0.15, 0.2) is 5.96 Å². The summed E-state index contributed by atoms with van der Waals surface area (Å²) in [4.78, 5) is 15.3. The summed E-state index contributed by atoms with van der Waals surface area (Å²) < 4.78 is 0. The molecular weight excluding hydrogens is 379 g/mol. The Balaban J connectivity index is 0.00000220. The summed E-state index contributed by atoms with van der Waals surface area (Å²) in [5, 5.41) is 5.51. The van der Waals surface area contributed by atoms with E-state index in [1.165, 1.54) is 17.5 Å². The van der Waals surface area contributed by atoms with Crippen molar-refractivity contribution in [1.82, 2.24) is 5.32 Å². The first-order valence-electron chi connectivity index (χ1n) is 6.58. The number of hydrogen-bond acceptors (Lipinski definition) is 2. The van der Waals surface area contributed by atoms with Crippen molar-refractivity contribution >= 4 is 41.5 Å². The Hall–Kier alpha value is -1.75. The van der Waals surface area contributed by atoms with Gasteiger partial charge in [0.05, 0.1) is 6.54 Å². The predicted octanol–water partition coefficient (Wildman–Crippen LogP) is 1.27. The number of anilines is 1. The van der Waals surface area contributed by atoms with Crippen molar-refractivity contribution < 1.29 is 4.79 Å². The van der Waals surface area contributed by atoms with E-state index in [1.807, 2.05) is 6.07 Å². The highest BCUT2D eigenvalue weighted by molar-refractivity contribution is 14.0. The van der Waals surface area contributed by atoms with Crippen LogP contribution in [0.1, 0.15) is 17.5 Å². The number of hydrogen-bond donors (Lipinski definition) is 3. The van der Waals surface area contributed by atoms with E-state index >= 15 is 0 Å². The first-order chi connectivity index (χ1) is 9.69. The number of terminal acetylenes is 1. The summed E-state index contributed by atoms with van der Waals surface area (Å²) in [5.74, 6) is 2.30. The Kier molecular flexibility index (Phi) is 7.02. The first kappa shape index (κ1) is 17.3. The second-order valence-electron chi connectivity index (χ2n) is 4.64. The summed E-state index contributed by atoms with van der Waals surface area (Å²) in [7, 11) is 0. The molecule has 1 amide bonds. The molecule has 1 aromatic rings. The molecule has 112 valence electrons. The molecule has 0 heterocycles. The van der Waals surface area contributed by atoms with Gasteiger partial charge >= 0.3 is 0 Å². The quantitative estimate of drug-likeness (QED) is 0.309. The zero-order valence-corrected chi connectivity index (χ0v) is 14.0. The summed E-state index contributed by atoms with van der Waals surface area (Å²) in [6.45, 7) is 0.165. The molecule has 5 nitrogen and oxygen atoms in total. The molecule has 0 saturated carbocycles. The lowest BCUT2D eigenvalue weighted by molar-refractivity contribution is -0.119. The van der Waals surface area contributed by atoms with Gasteiger partial charge in [-0.1, -0.05) is 12.0 Å². The molecule has 1 aliphatic carbocycles. The van der Waals surface area contributed by atoms with Gasteiger partial charge in [0.25, 0.3) is 0 Å². The standard InChI is InChI=1S/C15H18N4O.HI/c1-2-8-17-14(20)10-18-15(16)19-13-7-6-11-4-3-5-12(11)9-13;/h1,6-7,9H,3-5,8,10H2,(H,17,20)(H3,16,18,19);1H. The number of aryl methyl sites for hydroxylation is 2. The smallest absolute Gasteiger partial charge is 0.242 e. The van der Waals surface area contributed by atoms with Gasteiger partial charge in [0.1, 0.15) is 6.54 Å². The third-order valence-electron chi connectivity index (χ3n) is 3.15. The van der Waals surface area contributed by atoms with Crippen LogP contribution in [0.15, 0.2) is 23.2 Å². The topological polar surface area (TPSA) is 79.5 Å². The Morgan fingerprint density at radius 3 is 2.90 bits per heavy atom. The Bertz CT molecular complexity index is 578. The number of carbonyl (C=O) groups excluding carboxylic acids is 1. The van der Waals surface area contributed by atoms with E-state index in [1.54, 1.807) is 0 Å². The van der Waals surface area contributed by atoms with Crippen LogP contribution in [-0.4, -0.2) is 25.0 Å². The molecule has 2 rings (SSSR count). The van der Waals surface area contributed by atoms with Crippen molar-refractivity contribution in [3.63, 3.8) is 0 Å². The van der Waals surface area contributed by atoms with E-state index in [0.29, 0.717) is 0 Å². The van der Waals surface area contributed by atoms with Crippen LogP contribution >= 0.6 is 24.0 Å². The van der Waals surface area contributed by atoms with Gasteiger partial charge in [-0.15, -0.1) is 30.4 Å². The van der Waals surface area contributed by atoms with Crippen LogP contribution in [0.3, 0.4) is 0 Å². The number of fused-ring (bicyclic) bond motifs is 1. The molecule has 0 unspecified atom stereocenters. The molecule has 0 radical (unpaired) electrons. The number of nitrogens with two attached hydrogens (primary N) is 1. The van der Waals surface area contributed by atoms with Gasteiger partial charge in [-0.25, -0.2) is 4.99 Å². The maximum atomic E-state index is 11.3. The summed E-state index contributed by atoms with van der Waals surface area (Å²) in [6.07, 6.45) is 8.50. The minimum atomic E-state index is -0.248. The molecule has 21 heavy (non-hydrogen) atoms. The van der Waals surface area contributed by atoms with Crippen LogP contribution in [0.4, 0.5) is 5.69 Å². The van der Waals surface area contributed by atoms with E-state index in [0.717, 1.165) is 18.5 Å². The molecular formula is C15H19IN4O. The van der Waals surface area contributed by atoms with Gasteiger partial charge < -0.3 is 16.4 Å². The zero-order chi connectivity index (χ0) is 14.4. The number of guanidine groups is 1. The number of halogens is 1. The molecule has 0 fully saturated rings. The molecule has 6 heteroatoms. The van der Waals surface area contributed by atoms with Gasteiger partial charge in [-0.3, -0.25) is 4.79 Å². The van der Waals surface area contributed by atoms with Gasteiger partial charge in [0, 0.05) is 5.69 Å². The van der Waals surface area contributed by atoms with Crippen LogP contribution in [0.5, 0.6) is 0 Å². The fraction of sp³-hybridized carbons (Fsp3) is 0.333. The highest BCUT2D eigenvalue weighted by Crippen LogP contribution is 2.24. The maximum Gasteiger partial charge on any atom is 0.242 e. The zero-order valence-electron chi connectivity index (χ0n) is 11.7. The lowest BCUT2D eigenvalue weighted by atomic mass is 10.1. The molecule has 1 aliphatic rings. The van der Waals surface area contributed by atoms with Crippen molar-refractivity contribution in [3.05, 3.63) is 29.3 Å². The van der Waals surface area contributed by atoms with E-state index < -0.39 is 0 Å². The molecule has 0 aliphatic heterocycles. The van der Waals surface area contributed by atoms with Gasteiger partial charge in [-0.2, -0.15) is 0 Å². The highest BCUT2D eigenvalue weighted by Gasteiger charge is 2.10. The lowest BCUT2D eigenvalue weighted by Crippen LogP contribution is -2.29. The maximum absolute atomic E-state index is 11.3. The number of aliphatic imine (C=N–C) groups is 1. The van der Waals surface area contributed by atoms with Crippen molar-refractivity contribution in [2.45, 2.75) is 19.3 Å². The molecule has 1 aromatic carbocycles. The lowest BCUT2D eigenvalue weighted by Gasteiger charge is -2.07. The fourth-order valence-corrected chi connectivity index (χ4v) is 2.20. The third-order valence-corrected chi connectivity index (χ3v) is 3.15. The van der Waals surface area contributed by atoms with Crippen LogP contribution in [0.25, 0.3) is 0 Å². The number of nitrogens with zero attached hydrogens (tertiary/aromatic N) is 1. The molecule has 0 bridgehead atoms. The van der Waals surface area contributed by atoms with Crippen molar-refractivity contribution in [3.8, 4) is 12.3 Å². The minimum Gasteiger partial charge on any atom is -0.370 e. The van der Waals surface area contributed by atoms with E-state index in [4.69, 9.17) is 12.2 Å². The van der Waals surface area contributed by atoms with Crippen molar-refractivity contribution in [2.24, 2.45) is 10.7 Å². The van der Waals surface area contributed by atoms with E-state index in [9.17, 15) is 4.79 Å². The van der Waals surface area contributed by atoms with Gasteiger partial charge in [0.2, 0.25) is 5.91 Å². The summed E-state index contributed by atoms with van der Waals surface area (Å²) in [5.41, 5.74) is 9.40. The minimum absolute atomic E-state index is 0. The highest BCUT2D eigenvalue weighted by atomic mass is 127. The average molecular weight is 398 g/mol. The average Bonchev–Trinajstić information content (AvgIpc) is 2.90. The number of rotatable bonds is 4. The third kappa shape index (κ3) is 5.27. The van der Waals surface area contributed by atoms with Crippen molar-refractivity contribution in [2.75, 3.05) is 18.4 Å². The monoisotopic (exact) mass is 398 g/mol. The Morgan fingerprint density at radius 1 is 1.38 bits per heavy atom. The summed E-state index contributed by atoms with van der Waals surface area (Å²) in [6, 6.07) is 6.17. The normalized spacial score (nSPS) is 12.8. The molecule has 0 spiro atoms. The van der Waals surface area contributed by atoms with Crippen LogP contribution < -0.4 is 16.4 Å². The Labute approximate surface area is 141 Å². The number of carbonyl (C=O) groups is 1.